The van der Waals surface area contributed by atoms with Gasteiger partial charge in [0.05, 0.1) is 30.5 Å². The van der Waals surface area contributed by atoms with Gasteiger partial charge in [0, 0.05) is 16.0 Å². The van der Waals surface area contributed by atoms with Gasteiger partial charge in [-0.3, -0.25) is 9.59 Å². The molecule has 0 aromatic heterocycles. The summed E-state index contributed by atoms with van der Waals surface area (Å²) in [4.78, 5) is 29.2. The number of hydrogen-bond acceptors (Lipinski definition) is 3. The third-order valence-electron chi connectivity index (χ3n) is 9.91. The number of nitrogens with zero attached hydrogens (tertiary/aromatic N) is 1. The molecule has 1 heterocycles. The van der Waals surface area contributed by atoms with Crippen LogP contribution in [-0.4, -0.2) is 42.8 Å². The van der Waals surface area contributed by atoms with Crippen molar-refractivity contribution in [1.82, 2.24) is 4.90 Å². The highest BCUT2D eigenvalue weighted by atomic mass is 35.5. The van der Waals surface area contributed by atoms with Crippen LogP contribution in [-0.2, 0) is 14.0 Å². The number of rotatable bonds is 11. The summed E-state index contributed by atoms with van der Waals surface area (Å²) in [6.07, 6.45) is 0.687. The fraction of sp³-hybridized carbons (Fsp3) is 0.350. The molecule has 4 aromatic carbocycles. The summed E-state index contributed by atoms with van der Waals surface area (Å²) in [5.41, 5.74) is 0.741. The Morgan fingerprint density at radius 3 is 1.98 bits per heavy atom. The number of likely N-dealkylation sites (tertiary alicyclic amines) is 1. The fourth-order valence-corrected chi connectivity index (χ4v) is 12.6. The molecule has 1 aliphatic heterocycles. The van der Waals surface area contributed by atoms with E-state index in [1.165, 1.54) is 0 Å². The van der Waals surface area contributed by atoms with Gasteiger partial charge in [-0.25, -0.2) is 0 Å². The highest BCUT2D eigenvalue weighted by molar-refractivity contribution is 6.99. The van der Waals surface area contributed by atoms with Crippen molar-refractivity contribution in [3.05, 3.63) is 130 Å². The maximum atomic E-state index is 14.9. The SMILES string of the molecule is CCC(CO[Si](c1ccccc1)(c1ccccc1)C(C)(C)C)N1C(=O)[C@@](C)(CC(=O)O)CC(c2cccc(Cl)c2)[C@H]1c1ccc(Cl)cc1. The van der Waals surface area contributed by atoms with E-state index in [2.05, 4.69) is 76.2 Å². The zero-order valence-corrected chi connectivity index (χ0v) is 30.8. The number of carboxylic acid groups (broad SMARTS) is 1. The predicted octanol–water partition coefficient (Wildman–Crippen LogP) is 8.89. The Kier molecular flexibility index (Phi) is 10.9. The summed E-state index contributed by atoms with van der Waals surface area (Å²) in [6, 6.07) is 35.5. The second-order valence-electron chi connectivity index (χ2n) is 14.2. The van der Waals surface area contributed by atoms with Crippen LogP contribution in [0.1, 0.15) is 77.0 Å². The summed E-state index contributed by atoms with van der Waals surface area (Å²) < 4.78 is 7.42. The average molecular weight is 703 g/mol. The van der Waals surface area contributed by atoms with E-state index in [-0.39, 0.29) is 35.9 Å². The minimum absolute atomic E-state index is 0.180. The van der Waals surface area contributed by atoms with Gasteiger partial charge in [-0.1, -0.05) is 143 Å². The van der Waals surface area contributed by atoms with Gasteiger partial charge in [-0.2, -0.15) is 0 Å². The van der Waals surface area contributed by atoms with E-state index in [1.54, 1.807) is 6.92 Å². The molecule has 0 bridgehead atoms. The van der Waals surface area contributed by atoms with E-state index in [0.29, 0.717) is 22.9 Å². The van der Waals surface area contributed by atoms with E-state index >= 15 is 0 Å². The second kappa shape index (κ2) is 14.6. The Hall–Kier alpha value is -3.42. The number of amides is 1. The molecule has 1 amide bonds. The number of hydrogen-bond donors (Lipinski definition) is 1. The van der Waals surface area contributed by atoms with Gasteiger partial charge in [-0.15, -0.1) is 0 Å². The van der Waals surface area contributed by atoms with E-state index in [4.69, 9.17) is 27.6 Å². The fourth-order valence-electron chi connectivity index (χ4n) is 7.66. The number of carbonyl (C=O) groups excluding carboxylic acids is 1. The van der Waals surface area contributed by atoms with Crippen LogP contribution in [0.5, 0.6) is 0 Å². The maximum absolute atomic E-state index is 14.9. The van der Waals surface area contributed by atoms with Gasteiger partial charge in [-0.05, 0) is 63.6 Å². The lowest BCUT2D eigenvalue weighted by Crippen LogP contribution is -2.67. The zero-order chi connectivity index (χ0) is 34.7. The van der Waals surface area contributed by atoms with Crippen LogP contribution >= 0.6 is 23.2 Å². The zero-order valence-electron chi connectivity index (χ0n) is 28.3. The highest BCUT2D eigenvalue weighted by Crippen LogP contribution is 2.52. The minimum atomic E-state index is -2.94. The van der Waals surface area contributed by atoms with Gasteiger partial charge >= 0.3 is 5.97 Å². The number of carbonyl (C=O) groups is 2. The van der Waals surface area contributed by atoms with Crippen LogP contribution in [0, 0.1) is 5.41 Å². The van der Waals surface area contributed by atoms with Crippen LogP contribution < -0.4 is 10.4 Å². The van der Waals surface area contributed by atoms with E-state index < -0.39 is 25.7 Å². The van der Waals surface area contributed by atoms with Gasteiger partial charge in [0.25, 0.3) is 8.32 Å². The van der Waals surface area contributed by atoms with Crippen molar-refractivity contribution in [1.29, 1.82) is 0 Å². The van der Waals surface area contributed by atoms with E-state index in [1.807, 2.05) is 65.6 Å². The van der Waals surface area contributed by atoms with Crippen LogP contribution in [0.2, 0.25) is 15.1 Å². The van der Waals surface area contributed by atoms with Crippen molar-refractivity contribution in [2.45, 2.75) is 76.9 Å². The van der Waals surface area contributed by atoms with Gasteiger partial charge < -0.3 is 14.4 Å². The van der Waals surface area contributed by atoms with Crippen molar-refractivity contribution >= 4 is 53.8 Å². The molecule has 0 aliphatic carbocycles. The molecule has 1 fully saturated rings. The molecule has 4 aromatic rings. The molecule has 1 N–H and O–H groups in total. The average Bonchev–Trinajstić information content (AvgIpc) is 3.05. The lowest BCUT2D eigenvalue weighted by Gasteiger charge is -2.52. The molecular weight excluding hydrogens is 657 g/mol. The third-order valence-corrected chi connectivity index (χ3v) is 15.4. The molecule has 252 valence electrons. The highest BCUT2D eigenvalue weighted by Gasteiger charge is 2.54. The Balaban J connectivity index is 1.68. The maximum Gasteiger partial charge on any atom is 0.304 e. The van der Waals surface area contributed by atoms with Crippen molar-refractivity contribution in [3.8, 4) is 0 Å². The molecule has 5 nitrogen and oxygen atoms in total. The second-order valence-corrected chi connectivity index (χ2v) is 19.4. The number of piperidine rings is 1. The normalized spacial score (nSPS) is 20.8. The van der Waals surface area contributed by atoms with Gasteiger partial charge in [0.15, 0.2) is 0 Å². The van der Waals surface area contributed by atoms with Crippen molar-refractivity contribution in [2.24, 2.45) is 5.41 Å². The molecule has 48 heavy (non-hydrogen) atoms. The first kappa shape index (κ1) is 35.9. The number of halogens is 2. The van der Waals surface area contributed by atoms with Crippen LogP contribution in [0.3, 0.4) is 0 Å². The third kappa shape index (κ3) is 7.13. The minimum Gasteiger partial charge on any atom is -0.481 e. The van der Waals surface area contributed by atoms with E-state index in [9.17, 15) is 14.7 Å². The molecular formula is C40H45Cl2NO4Si. The largest absolute Gasteiger partial charge is 0.481 e. The molecule has 8 heteroatoms. The first-order chi connectivity index (χ1) is 22.8. The Bertz CT molecular complexity index is 1670. The summed E-state index contributed by atoms with van der Waals surface area (Å²) >= 11 is 12.9. The smallest absolute Gasteiger partial charge is 0.304 e. The monoisotopic (exact) mass is 701 g/mol. The first-order valence-electron chi connectivity index (χ1n) is 16.6. The quantitative estimate of drug-likeness (QED) is 0.159. The summed E-state index contributed by atoms with van der Waals surface area (Å²) in [5.74, 6) is -1.41. The summed E-state index contributed by atoms with van der Waals surface area (Å²) in [6.45, 7) is 10.9. The van der Waals surface area contributed by atoms with Crippen LogP contribution in [0.4, 0.5) is 0 Å². The Morgan fingerprint density at radius 1 is 0.896 bits per heavy atom. The molecule has 0 saturated carbocycles. The number of aliphatic carboxylic acids is 1. The Morgan fingerprint density at radius 2 is 1.48 bits per heavy atom. The molecule has 0 radical (unpaired) electrons. The lowest BCUT2D eigenvalue weighted by molar-refractivity contribution is -0.161. The van der Waals surface area contributed by atoms with Crippen molar-refractivity contribution in [2.75, 3.05) is 6.61 Å². The predicted molar refractivity (Wildman–Crippen MR) is 198 cm³/mol. The van der Waals surface area contributed by atoms with Crippen molar-refractivity contribution < 1.29 is 19.1 Å². The molecule has 4 atom stereocenters. The molecule has 2 unspecified atom stereocenters. The van der Waals surface area contributed by atoms with E-state index in [0.717, 1.165) is 21.5 Å². The van der Waals surface area contributed by atoms with Crippen LogP contribution in [0.15, 0.2) is 109 Å². The lowest BCUT2D eigenvalue weighted by atomic mass is 9.67. The standard InChI is InChI=1S/C40H45Cl2NO4Si/c1-6-32(27-47-48(39(2,3)4,33-16-9-7-10-17-33)34-18-11-8-12-19-34)43-37(28-20-22-30(41)23-21-28)35(29-14-13-15-31(42)24-29)25-40(5,38(43)46)26-36(44)45/h7-24,32,35,37H,6,25-27H2,1-5H3,(H,44,45)/t32?,35?,37-,40-/m1/s1. The van der Waals surface area contributed by atoms with Gasteiger partial charge in [0.1, 0.15) is 0 Å². The summed E-state index contributed by atoms with van der Waals surface area (Å²) in [7, 11) is -2.94. The Labute approximate surface area is 296 Å². The number of benzene rings is 4. The topological polar surface area (TPSA) is 66.8 Å². The van der Waals surface area contributed by atoms with Crippen molar-refractivity contribution in [3.63, 3.8) is 0 Å². The number of carboxylic acids is 1. The molecule has 1 aliphatic rings. The molecule has 0 spiro atoms. The first-order valence-corrected chi connectivity index (χ1v) is 19.3. The summed E-state index contributed by atoms with van der Waals surface area (Å²) in [5, 5.41) is 13.3. The molecule has 1 saturated heterocycles. The molecule has 5 rings (SSSR count). The van der Waals surface area contributed by atoms with Gasteiger partial charge in [0.2, 0.25) is 5.91 Å². The van der Waals surface area contributed by atoms with Crippen LogP contribution in [0.25, 0.3) is 0 Å².